The number of rotatable bonds is 4. The van der Waals surface area contributed by atoms with Crippen molar-refractivity contribution in [3.05, 3.63) is 71.8 Å². The van der Waals surface area contributed by atoms with Crippen LogP contribution in [-0.4, -0.2) is 38.8 Å². The number of hydrogen-bond acceptors (Lipinski definition) is 3. The summed E-state index contributed by atoms with van der Waals surface area (Å²) in [6.45, 7) is 2.36. The fraction of sp³-hybridized carbons (Fsp3) is 0.368. The molecule has 116 valence electrons. The van der Waals surface area contributed by atoms with Crippen molar-refractivity contribution in [1.29, 1.82) is 0 Å². The molecule has 22 heavy (non-hydrogen) atoms. The molecule has 1 fully saturated rings. The normalized spacial score (nSPS) is 18.5. The van der Waals surface area contributed by atoms with Crippen molar-refractivity contribution < 1.29 is 9.47 Å². The van der Waals surface area contributed by atoms with Crippen LogP contribution in [0.4, 0.5) is 0 Å². The summed E-state index contributed by atoms with van der Waals surface area (Å²) in [5.41, 5.74) is 2.09. The van der Waals surface area contributed by atoms with Crippen LogP contribution in [-0.2, 0) is 15.3 Å². The predicted octanol–water partition coefficient (Wildman–Crippen LogP) is 3.11. The minimum Gasteiger partial charge on any atom is -0.342 e. The van der Waals surface area contributed by atoms with Gasteiger partial charge in [-0.1, -0.05) is 60.7 Å². The Kier molecular flexibility index (Phi) is 4.57. The first-order chi connectivity index (χ1) is 10.7. The van der Waals surface area contributed by atoms with Crippen molar-refractivity contribution in [3.63, 3.8) is 0 Å². The molecule has 3 heteroatoms. The van der Waals surface area contributed by atoms with Gasteiger partial charge < -0.3 is 14.4 Å². The van der Waals surface area contributed by atoms with Crippen molar-refractivity contribution >= 4 is 0 Å². The van der Waals surface area contributed by atoms with Gasteiger partial charge in [0.1, 0.15) is 0 Å². The maximum Gasteiger partial charge on any atom is 0.222 e. The zero-order valence-electron chi connectivity index (χ0n) is 13.2. The second kappa shape index (κ2) is 6.61. The lowest BCUT2D eigenvalue weighted by atomic mass is 9.95. The SMILES string of the molecule is CN(C)CC1COC(c2ccccc2)(c2ccccc2)OC1. The fourth-order valence-electron chi connectivity index (χ4n) is 3.00. The number of hydrogen-bond donors (Lipinski definition) is 0. The predicted molar refractivity (Wildman–Crippen MR) is 87.6 cm³/mol. The summed E-state index contributed by atoms with van der Waals surface area (Å²) in [6, 6.07) is 20.4. The van der Waals surface area contributed by atoms with Crippen LogP contribution in [0.1, 0.15) is 11.1 Å². The number of ether oxygens (including phenoxy) is 2. The molecule has 0 N–H and O–H groups in total. The molecule has 1 aliphatic rings. The van der Waals surface area contributed by atoms with Gasteiger partial charge in [-0.05, 0) is 14.1 Å². The van der Waals surface area contributed by atoms with Gasteiger partial charge >= 0.3 is 0 Å². The number of benzene rings is 2. The molecule has 0 aromatic heterocycles. The first-order valence-electron chi connectivity index (χ1n) is 7.74. The quantitative estimate of drug-likeness (QED) is 0.865. The van der Waals surface area contributed by atoms with E-state index >= 15 is 0 Å². The molecule has 3 rings (SSSR count). The average molecular weight is 297 g/mol. The highest BCUT2D eigenvalue weighted by atomic mass is 16.7. The molecule has 0 saturated carbocycles. The van der Waals surface area contributed by atoms with Crippen LogP contribution < -0.4 is 0 Å². The Morgan fingerprint density at radius 1 is 0.864 bits per heavy atom. The van der Waals surface area contributed by atoms with E-state index in [1.54, 1.807) is 0 Å². The highest BCUT2D eigenvalue weighted by Crippen LogP contribution is 2.38. The highest BCUT2D eigenvalue weighted by Gasteiger charge is 2.41. The third-order valence-corrected chi connectivity index (χ3v) is 3.98. The molecular formula is C19H23NO2. The zero-order valence-corrected chi connectivity index (χ0v) is 13.2. The van der Waals surface area contributed by atoms with Gasteiger partial charge in [0.15, 0.2) is 0 Å². The molecule has 0 spiro atoms. The van der Waals surface area contributed by atoms with E-state index in [1.807, 2.05) is 36.4 Å². The van der Waals surface area contributed by atoms with E-state index in [1.165, 1.54) is 0 Å². The smallest absolute Gasteiger partial charge is 0.222 e. The molecule has 1 saturated heterocycles. The maximum absolute atomic E-state index is 6.30. The lowest BCUT2D eigenvalue weighted by molar-refractivity contribution is -0.268. The van der Waals surface area contributed by atoms with E-state index < -0.39 is 5.79 Å². The highest BCUT2D eigenvalue weighted by molar-refractivity contribution is 5.34. The first-order valence-corrected chi connectivity index (χ1v) is 7.74. The van der Waals surface area contributed by atoms with Gasteiger partial charge in [0.2, 0.25) is 5.79 Å². The van der Waals surface area contributed by atoms with Crippen molar-refractivity contribution in [1.82, 2.24) is 4.90 Å². The topological polar surface area (TPSA) is 21.7 Å². The van der Waals surface area contributed by atoms with E-state index in [0.29, 0.717) is 19.1 Å². The second-order valence-electron chi connectivity index (χ2n) is 6.10. The van der Waals surface area contributed by atoms with Crippen LogP contribution in [0, 0.1) is 5.92 Å². The van der Waals surface area contributed by atoms with E-state index in [9.17, 15) is 0 Å². The van der Waals surface area contributed by atoms with Gasteiger partial charge in [-0.2, -0.15) is 0 Å². The van der Waals surface area contributed by atoms with Crippen LogP contribution in [0.5, 0.6) is 0 Å². The standard InChI is InChI=1S/C19H23NO2/c1-20(2)13-16-14-21-19(22-15-16,17-9-5-3-6-10-17)18-11-7-4-8-12-18/h3-12,16H,13-15H2,1-2H3. The van der Waals surface area contributed by atoms with Crippen LogP contribution in [0.2, 0.25) is 0 Å². The Hall–Kier alpha value is -1.68. The van der Waals surface area contributed by atoms with E-state index in [2.05, 4.69) is 43.3 Å². The molecular weight excluding hydrogens is 274 g/mol. The molecule has 0 unspecified atom stereocenters. The van der Waals surface area contributed by atoms with Gasteiger partial charge in [0, 0.05) is 23.6 Å². The van der Waals surface area contributed by atoms with Crippen molar-refractivity contribution in [2.24, 2.45) is 5.92 Å². The molecule has 1 heterocycles. The van der Waals surface area contributed by atoms with Crippen LogP contribution >= 0.6 is 0 Å². The molecule has 2 aromatic carbocycles. The van der Waals surface area contributed by atoms with Gasteiger partial charge in [-0.25, -0.2) is 0 Å². The second-order valence-corrected chi connectivity index (χ2v) is 6.10. The molecule has 0 amide bonds. The third-order valence-electron chi connectivity index (χ3n) is 3.98. The summed E-state index contributed by atoms with van der Waals surface area (Å²) >= 11 is 0. The minimum atomic E-state index is -0.786. The Morgan fingerprint density at radius 2 is 1.32 bits per heavy atom. The number of nitrogens with zero attached hydrogens (tertiary/aromatic N) is 1. The van der Waals surface area contributed by atoms with Crippen LogP contribution in [0.3, 0.4) is 0 Å². The summed E-state index contributed by atoms with van der Waals surface area (Å²) in [6.07, 6.45) is 0. The van der Waals surface area contributed by atoms with E-state index in [0.717, 1.165) is 17.7 Å². The summed E-state index contributed by atoms with van der Waals surface area (Å²) < 4.78 is 12.6. The molecule has 0 bridgehead atoms. The lowest BCUT2D eigenvalue weighted by Gasteiger charge is -2.41. The van der Waals surface area contributed by atoms with Gasteiger partial charge in [0.25, 0.3) is 0 Å². The van der Waals surface area contributed by atoms with Crippen LogP contribution in [0.15, 0.2) is 60.7 Å². The summed E-state index contributed by atoms with van der Waals surface area (Å²) in [4.78, 5) is 2.18. The minimum absolute atomic E-state index is 0.399. The summed E-state index contributed by atoms with van der Waals surface area (Å²) in [7, 11) is 4.16. The van der Waals surface area contributed by atoms with Crippen molar-refractivity contribution in [2.75, 3.05) is 33.9 Å². The molecule has 0 aliphatic carbocycles. The summed E-state index contributed by atoms with van der Waals surface area (Å²) in [5.74, 6) is -0.388. The molecule has 1 aliphatic heterocycles. The first kappa shape index (κ1) is 15.2. The van der Waals surface area contributed by atoms with E-state index in [-0.39, 0.29) is 0 Å². The lowest BCUT2D eigenvalue weighted by Crippen LogP contribution is -2.45. The van der Waals surface area contributed by atoms with E-state index in [4.69, 9.17) is 9.47 Å². The largest absolute Gasteiger partial charge is 0.342 e. The molecule has 3 nitrogen and oxygen atoms in total. The van der Waals surface area contributed by atoms with Gasteiger partial charge in [-0.3, -0.25) is 0 Å². The summed E-state index contributed by atoms with van der Waals surface area (Å²) in [5, 5.41) is 0. The maximum atomic E-state index is 6.30. The third kappa shape index (κ3) is 3.07. The fourth-order valence-corrected chi connectivity index (χ4v) is 3.00. The Balaban J connectivity index is 1.90. The van der Waals surface area contributed by atoms with Crippen LogP contribution in [0.25, 0.3) is 0 Å². The molecule has 0 radical (unpaired) electrons. The van der Waals surface area contributed by atoms with Crippen molar-refractivity contribution in [3.8, 4) is 0 Å². The monoisotopic (exact) mass is 297 g/mol. The Labute approximate surface area is 132 Å². The van der Waals surface area contributed by atoms with Crippen molar-refractivity contribution in [2.45, 2.75) is 5.79 Å². The Morgan fingerprint density at radius 3 is 1.73 bits per heavy atom. The van der Waals surface area contributed by atoms with Gasteiger partial charge in [0.05, 0.1) is 13.2 Å². The van der Waals surface area contributed by atoms with Gasteiger partial charge in [-0.15, -0.1) is 0 Å². The molecule has 2 aromatic rings. The molecule has 0 atom stereocenters. The Bertz CT molecular complexity index is 533. The average Bonchev–Trinajstić information content (AvgIpc) is 2.57. The zero-order chi connectivity index (χ0) is 15.4.